The van der Waals surface area contributed by atoms with Gasteiger partial charge in [0.15, 0.2) is 12.2 Å². The third kappa shape index (κ3) is 62.7. The topological polar surface area (TPSA) is 237 Å². The number of ether oxygens (including phenoxy) is 4. The molecule has 0 aliphatic rings. The van der Waals surface area contributed by atoms with Gasteiger partial charge in [-0.3, -0.25) is 37.3 Å². The second-order valence-electron chi connectivity index (χ2n) is 25.8. The van der Waals surface area contributed by atoms with Crippen LogP contribution < -0.4 is 0 Å². The van der Waals surface area contributed by atoms with Crippen molar-refractivity contribution in [3.05, 3.63) is 24.3 Å². The predicted octanol–water partition coefficient (Wildman–Crippen LogP) is 19.4. The van der Waals surface area contributed by atoms with Crippen LogP contribution in [0.25, 0.3) is 0 Å². The first-order valence-electron chi connectivity index (χ1n) is 35.7. The molecule has 0 bridgehead atoms. The van der Waals surface area contributed by atoms with Gasteiger partial charge in [0.2, 0.25) is 0 Å². The fourth-order valence-corrected chi connectivity index (χ4v) is 11.5. The predicted molar refractivity (Wildman–Crippen MR) is 358 cm³/mol. The zero-order valence-corrected chi connectivity index (χ0v) is 59.2. The van der Waals surface area contributed by atoms with Crippen molar-refractivity contribution in [3.63, 3.8) is 0 Å². The zero-order valence-electron chi connectivity index (χ0n) is 57.4. The molecule has 0 saturated heterocycles. The summed E-state index contributed by atoms with van der Waals surface area (Å²) in [4.78, 5) is 72.5. The van der Waals surface area contributed by atoms with Crippen molar-refractivity contribution in [2.45, 2.75) is 343 Å². The van der Waals surface area contributed by atoms with Crippen LogP contribution in [0.1, 0.15) is 325 Å². The largest absolute Gasteiger partial charge is 0.472 e. The van der Waals surface area contributed by atoms with E-state index in [2.05, 4.69) is 72.8 Å². The highest BCUT2D eigenvalue weighted by Gasteiger charge is 2.30. The SMILES string of the molecule is CCCCCC/C=C\C=C/CCCCCCCC(=O)O[C@H](COC(=O)CCCCCCCCCCC(C)CC)COP(=O)(O)OCC(O)COP(=O)(O)OC[C@@H](COC(=O)CCCCCCCCCC(C)C)OC(=O)CCCCCCCCCCCC(C)C. The average Bonchev–Trinajstić information content (AvgIpc) is 3.68. The van der Waals surface area contributed by atoms with Gasteiger partial charge in [-0.1, -0.05) is 272 Å². The number of hydrogen-bond donors (Lipinski definition) is 3. The Balaban J connectivity index is 5.30. The number of aliphatic hydroxyl groups excluding tert-OH is 1. The van der Waals surface area contributed by atoms with Gasteiger partial charge in [-0.25, -0.2) is 9.13 Å². The summed E-state index contributed by atoms with van der Waals surface area (Å²) in [6.45, 7) is 11.7. The Bertz CT molecular complexity index is 1840. The lowest BCUT2D eigenvalue weighted by Gasteiger charge is -2.21. The number of rotatable bonds is 66. The maximum atomic E-state index is 13.0. The highest BCUT2D eigenvalue weighted by atomic mass is 31.2. The van der Waals surface area contributed by atoms with Gasteiger partial charge in [0.05, 0.1) is 26.4 Å². The van der Waals surface area contributed by atoms with Crippen LogP contribution in [-0.2, 0) is 65.4 Å². The monoisotopic (exact) mass is 1310 g/mol. The van der Waals surface area contributed by atoms with Gasteiger partial charge in [-0.15, -0.1) is 0 Å². The van der Waals surface area contributed by atoms with Crippen molar-refractivity contribution in [2.75, 3.05) is 39.6 Å². The normalized spacial score (nSPS) is 14.7. The number of esters is 4. The number of phosphoric ester groups is 2. The van der Waals surface area contributed by atoms with Gasteiger partial charge < -0.3 is 33.8 Å². The quantitative estimate of drug-likeness (QED) is 0.0169. The van der Waals surface area contributed by atoms with Crippen LogP contribution in [0.2, 0.25) is 0 Å². The van der Waals surface area contributed by atoms with Gasteiger partial charge in [-0.05, 0) is 69.1 Å². The van der Waals surface area contributed by atoms with Gasteiger partial charge in [0.25, 0.3) is 0 Å². The maximum absolute atomic E-state index is 13.0. The van der Waals surface area contributed by atoms with Gasteiger partial charge >= 0.3 is 39.5 Å². The molecule has 0 saturated carbocycles. The van der Waals surface area contributed by atoms with Crippen LogP contribution in [0, 0.1) is 17.8 Å². The van der Waals surface area contributed by atoms with Crippen molar-refractivity contribution >= 4 is 39.5 Å². The highest BCUT2D eigenvalue weighted by Crippen LogP contribution is 2.45. The Morgan fingerprint density at radius 1 is 0.371 bits per heavy atom. The van der Waals surface area contributed by atoms with E-state index in [0.717, 1.165) is 121 Å². The molecule has 4 unspecified atom stereocenters. The summed E-state index contributed by atoms with van der Waals surface area (Å²) in [5.74, 6) is 0.0536. The summed E-state index contributed by atoms with van der Waals surface area (Å²) in [7, 11) is -9.91. The number of carbonyl (C=O) groups is 4. The Kier molecular flexibility index (Phi) is 58.8. The van der Waals surface area contributed by atoms with E-state index >= 15 is 0 Å². The van der Waals surface area contributed by atoms with Gasteiger partial charge in [-0.2, -0.15) is 0 Å². The van der Waals surface area contributed by atoms with E-state index in [0.29, 0.717) is 31.6 Å². The van der Waals surface area contributed by atoms with E-state index in [4.69, 9.17) is 37.0 Å². The standard InChI is InChI=1S/C70H132O17P2/c1-8-10-11-12-13-14-15-16-17-18-19-22-31-39-46-53-69(74)86-65(57-80-67(72)51-44-37-30-25-24-29-36-43-50-63(7)9-2)59-84-88(76,77)82-55-64(71)56-83-89(78,79)85-60-66(58-81-68(73)52-45-38-33-26-28-35-42-49-62(5)6)87-70(75)54-47-40-32-23-20-21-27-34-41-48-61(3)4/h14-17,61-66,71H,8-13,18-60H2,1-7H3,(H,76,77)(H,78,79)/b15-14-,17-16-/t63?,64?,65-,66-/m1/s1. The second-order valence-corrected chi connectivity index (χ2v) is 28.7. The molecule has 0 amide bonds. The number of unbranched alkanes of at least 4 members (excludes halogenated alkanes) is 30. The molecule has 0 aliphatic carbocycles. The molecule has 0 aliphatic heterocycles. The minimum atomic E-state index is -4.96. The zero-order chi connectivity index (χ0) is 65.9. The summed E-state index contributed by atoms with van der Waals surface area (Å²) in [6.07, 6.45) is 46.7. The second kappa shape index (κ2) is 60.5. The van der Waals surface area contributed by atoms with E-state index in [1.807, 2.05) is 0 Å². The lowest BCUT2D eigenvalue weighted by molar-refractivity contribution is -0.161. The molecule has 0 aromatic heterocycles. The van der Waals surface area contributed by atoms with Crippen molar-refractivity contribution in [3.8, 4) is 0 Å². The molecule has 19 heteroatoms. The smallest absolute Gasteiger partial charge is 0.462 e. The Hall–Kier alpha value is -2.46. The molecule has 0 heterocycles. The van der Waals surface area contributed by atoms with Crippen molar-refractivity contribution in [1.29, 1.82) is 0 Å². The lowest BCUT2D eigenvalue weighted by atomic mass is 9.99. The van der Waals surface area contributed by atoms with E-state index in [-0.39, 0.29) is 25.7 Å². The summed E-state index contributed by atoms with van der Waals surface area (Å²) in [5.41, 5.74) is 0. The van der Waals surface area contributed by atoms with Crippen molar-refractivity contribution < 1.29 is 80.2 Å². The number of hydrogen-bond acceptors (Lipinski definition) is 15. The fourth-order valence-electron chi connectivity index (χ4n) is 9.97. The summed E-state index contributed by atoms with van der Waals surface area (Å²) >= 11 is 0. The van der Waals surface area contributed by atoms with E-state index in [9.17, 15) is 43.2 Å². The minimum absolute atomic E-state index is 0.0840. The Labute approximate surface area is 542 Å². The molecule has 524 valence electrons. The molecule has 0 rings (SSSR count). The van der Waals surface area contributed by atoms with Gasteiger partial charge in [0.1, 0.15) is 19.3 Å². The first kappa shape index (κ1) is 86.5. The molecule has 0 spiro atoms. The van der Waals surface area contributed by atoms with E-state index in [1.165, 1.54) is 116 Å². The van der Waals surface area contributed by atoms with Crippen LogP contribution >= 0.6 is 15.6 Å². The number of allylic oxidation sites excluding steroid dienone is 4. The first-order valence-corrected chi connectivity index (χ1v) is 38.7. The van der Waals surface area contributed by atoms with E-state index < -0.39 is 97.5 Å². The van der Waals surface area contributed by atoms with Crippen LogP contribution in [0.3, 0.4) is 0 Å². The molecule has 6 atom stereocenters. The molecule has 0 aromatic rings. The lowest BCUT2D eigenvalue weighted by Crippen LogP contribution is -2.30. The Morgan fingerprint density at radius 3 is 1.00 bits per heavy atom. The number of phosphoric acid groups is 2. The molecule has 0 radical (unpaired) electrons. The molecule has 3 N–H and O–H groups in total. The minimum Gasteiger partial charge on any atom is -0.462 e. The molecular formula is C70H132O17P2. The van der Waals surface area contributed by atoms with Crippen LogP contribution in [0.4, 0.5) is 0 Å². The van der Waals surface area contributed by atoms with Crippen LogP contribution in [0.5, 0.6) is 0 Å². The van der Waals surface area contributed by atoms with Crippen molar-refractivity contribution in [1.82, 2.24) is 0 Å². The average molecular weight is 1310 g/mol. The maximum Gasteiger partial charge on any atom is 0.472 e. The van der Waals surface area contributed by atoms with Crippen LogP contribution in [-0.4, -0.2) is 96.7 Å². The molecule has 0 aromatic carbocycles. The summed E-state index contributed by atoms with van der Waals surface area (Å²) in [5, 5.41) is 10.6. The Morgan fingerprint density at radius 2 is 0.663 bits per heavy atom. The first-order chi connectivity index (χ1) is 42.8. The van der Waals surface area contributed by atoms with Crippen LogP contribution in [0.15, 0.2) is 24.3 Å². The third-order valence-corrected chi connectivity index (χ3v) is 17.8. The van der Waals surface area contributed by atoms with Crippen molar-refractivity contribution in [2.24, 2.45) is 17.8 Å². The number of aliphatic hydroxyl groups is 1. The third-order valence-electron chi connectivity index (χ3n) is 15.9. The van der Waals surface area contributed by atoms with E-state index in [1.54, 1.807) is 0 Å². The number of carbonyl (C=O) groups excluding carboxylic acids is 4. The highest BCUT2D eigenvalue weighted by molar-refractivity contribution is 7.47. The van der Waals surface area contributed by atoms with Gasteiger partial charge in [0, 0.05) is 25.7 Å². The summed E-state index contributed by atoms with van der Waals surface area (Å²) in [6, 6.07) is 0. The molecule has 89 heavy (non-hydrogen) atoms. The molecular weight excluding hydrogens is 1170 g/mol. The molecule has 17 nitrogen and oxygen atoms in total. The molecule has 0 fully saturated rings. The fraction of sp³-hybridized carbons (Fsp3) is 0.886. The summed E-state index contributed by atoms with van der Waals surface area (Å²) < 4.78 is 68.2.